The van der Waals surface area contributed by atoms with Crippen LogP contribution in [0.3, 0.4) is 0 Å². The molecular formula is C40H34. The van der Waals surface area contributed by atoms with Gasteiger partial charge in [0, 0.05) is 0 Å². The smallest absolute Gasteiger partial charge is 0.0622 e. The SMILES string of the molecule is Cc1ccc2c(c1)C(c1ccccc1)(c1ccccc1)c1cc(-c3ccc(C(C)(C)C)cc3)c3ccccc3c1-2. The van der Waals surface area contributed by atoms with E-state index < -0.39 is 5.41 Å². The van der Waals surface area contributed by atoms with Crippen LogP contribution in [-0.2, 0) is 10.8 Å². The zero-order chi connectivity index (χ0) is 27.5. The van der Waals surface area contributed by atoms with Crippen LogP contribution >= 0.6 is 0 Å². The van der Waals surface area contributed by atoms with Gasteiger partial charge in [-0.2, -0.15) is 0 Å². The lowest BCUT2D eigenvalue weighted by Gasteiger charge is -2.34. The van der Waals surface area contributed by atoms with Gasteiger partial charge in [-0.25, -0.2) is 0 Å². The molecule has 6 aromatic carbocycles. The molecule has 0 radical (unpaired) electrons. The molecule has 0 saturated carbocycles. The maximum absolute atomic E-state index is 2.50. The molecule has 0 bridgehead atoms. The lowest BCUT2D eigenvalue weighted by Crippen LogP contribution is -2.28. The lowest BCUT2D eigenvalue weighted by molar-refractivity contribution is 0.590. The highest BCUT2D eigenvalue weighted by Crippen LogP contribution is 2.59. The predicted octanol–water partition coefficient (Wildman–Crippen LogP) is 10.5. The Balaban J connectivity index is 1.64. The van der Waals surface area contributed by atoms with E-state index in [4.69, 9.17) is 0 Å². The molecule has 0 heteroatoms. The highest BCUT2D eigenvalue weighted by atomic mass is 14.5. The van der Waals surface area contributed by atoms with Crippen molar-refractivity contribution in [2.24, 2.45) is 0 Å². The number of aryl methyl sites for hydroxylation is 1. The quantitative estimate of drug-likeness (QED) is 0.220. The first kappa shape index (κ1) is 24.6. The first-order valence-corrected chi connectivity index (χ1v) is 14.3. The molecule has 1 aliphatic rings. The fourth-order valence-corrected chi connectivity index (χ4v) is 6.85. The van der Waals surface area contributed by atoms with E-state index in [1.807, 2.05) is 0 Å². The van der Waals surface area contributed by atoms with Crippen molar-refractivity contribution < 1.29 is 0 Å². The summed E-state index contributed by atoms with van der Waals surface area (Å²) >= 11 is 0. The summed E-state index contributed by atoms with van der Waals surface area (Å²) in [6.07, 6.45) is 0. The molecule has 6 aromatic rings. The summed E-state index contributed by atoms with van der Waals surface area (Å²) in [6.45, 7) is 9.05. The Labute approximate surface area is 238 Å². The molecule has 0 heterocycles. The van der Waals surface area contributed by atoms with Crippen LogP contribution in [0.4, 0.5) is 0 Å². The van der Waals surface area contributed by atoms with Gasteiger partial charge in [0.05, 0.1) is 5.41 Å². The third kappa shape index (κ3) is 3.59. The van der Waals surface area contributed by atoms with Crippen LogP contribution in [0.1, 0.15) is 54.2 Å². The van der Waals surface area contributed by atoms with E-state index in [0.29, 0.717) is 0 Å². The van der Waals surface area contributed by atoms with Gasteiger partial charge in [-0.05, 0) is 79.2 Å². The van der Waals surface area contributed by atoms with E-state index in [2.05, 4.69) is 161 Å². The fourth-order valence-electron chi connectivity index (χ4n) is 6.85. The van der Waals surface area contributed by atoms with Crippen molar-refractivity contribution in [3.63, 3.8) is 0 Å². The summed E-state index contributed by atoms with van der Waals surface area (Å²) in [5.41, 5.74) is 12.9. The van der Waals surface area contributed by atoms with Gasteiger partial charge >= 0.3 is 0 Å². The average molecular weight is 515 g/mol. The zero-order valence-corrected chi connectivity index (χ0v) is 23.7. The third-order valence-electron chi connectivity index (χ3n) is 8.77. The second-order valence-electron chi connectivity index (χ2n) is 12.3. The minimum atomic E-state index is -0.413. The summed E-state index contributed by atoms with van der Waals surface area (Å²) in [4.78, 5) is 0. The first-order valence-electron chi connectivity index (χ1n) is 14.3. The predicted molar refractivity (Wildman–Crippen MR) is 170 cm³/mol. The Kier molecular flexibility index (Phi) is 5.58. The summed E-state index contributed by atoms with van der Waals surface area (Å²) in [7, 11) is 0. The molecular weight excluding hydrogens is 480 g/mol. The number of rotatable bonds is 3. The van der Waals surface area contributed by atoms with Crippen molar-refractivity contribution >= 4 is 10.8 Å². The number of fused-ring (bicyclic) bond motifs is 5. The van der Waals surface area contributed by atoms with Crippen LogP contribution in [0.25, 0.3) is 33.0 Å². The molecule has 0 fully saturated rings. The summed E-state index contributed by atoms with van der Waals surface area (Å²) in [6, 6.07) is 49.9. The molecule has 0 amide bonds. The third-order valence-corrected chi connectivity index (χ3v) is 8.77. The van der Waals surface area contributed by atoms with Crippen molar-refractivity contribution in [1.82, 2.24) is 0 Å². The Morgan fingerprint density at radius 1 is 0.500 bits per heavy atom. The summed E-state index contributed by atoms with van der Waals surface area (Å²) < 4.78 is 0. The number of benzene rings is 6. The van der Waals surface area contributed by atoms with E-state index in [1.54, 1.807) is 0 Å². The van der Waals surface area contributed by atoms with E-state index in [9.17, 15) is 0 Å². The molecule has 0 N–H and O–H groups in total. The van der Waals surface area contributed by atoms with Crippen LogP contribution in [0.15, 0.2) is 133 Å². The van der Waals surface area contributed by atoms with Gasteiger partial charge in [0.25, 0.3) is 0 Å². The van der Waals surface area contributed by atoms with Gasteiger partial charge in [0.1, 0.15) is 0 Å². The maximum atomic E-state index is 2.50. The molecule has 40 heavy (non-hydrogen) atoms. The summed E-state index contributed by atoms with van der Waals surface area (Å²) in [5, 5.41) is 2.61. The molecule has 0 nitrogen and oxygen atoms in total. The summed E-state index contributed by atoms with van der Waals surface area (Å²) in [5.74, 6) is 0. The molecule has 7 rings (SSSR count). The van der Waals surface area contributed by atoms with Crippen molar-refractivity contribution in [2.45, 2.75) is 38.5 Å². The molecule has 194 valence electrons. The van der Waals surface area contributed by atoms with Gasteiger partial charge in [-0.15, -0.1) is 0 Å². The molecule has 1 aliphatic carbocycles. The Morgan fingerprint density at radius 3 is 1.68 bits per heavy atom. The molecule has 0 unspecified atom stereocenters. The maximum Gasteiger partial charge on any atom is 0.0714 e. The Bertz CT molecular complexity index is 1810. The number of hydrogen-bond acceptors (Lipinski definition) is 0. The van der Waals surface area contributed by atoms with Gasteiger partial charge in [-0.1, -0.05) is 154 Å². The van der Waals surface area contributed by atoms with Crippen molar-refractivity contribution in [1.29, 1.82) is 0 Å². The van der Waals surface area contributed by atoms with E-state index in [-0.39, 0.29) is 5.41 Å². The molecule has 0 aliphatic heterocycles. The van der Waals surface area contributed by atoms with Gasteiger partial charge in [-0.3, -0.25) is 0 Å². The first-order chi connectivity index (χ1) is 19.4. The van der Waals surface area contributed by atoms with E-state index >= 15 is 0 Å². The molecule has 0 atom stereocenters. The van der Waals surface area contributed by atoms with E-state index in [0.717, 1.165) is 0 Å². The van der Waals surface area contributed by atoms with Crippen LogP contribution in [0.2, 0.25) is 0 Å². The second kappa shape index (κ2) is 9.07. The fraction of sp³-hybridized carbons (Fsp3) is 0.150. The van der Waals surface area contributed by atoms with Crippen molar-refractivity contribution in [3.05, 3.63) is 167 Å². The largest absolute Gasteiger partial charge is 0.0714 e. The normalized spacial score (nSPS) is 13.7. The van der Waals surface area contributed by atoms with Gasteiger partial charge < -0.3 is 0 Å². The van der Waals surface area contributed by atoms with E-state index in [1.165, 1.54) is 66.4 Å². The molecule has 0 spiro atoms. The van der Waals surface area contributed by atoms with Gasteiger partial charge in [0.2, 0.25) is 0 Å². The lowest BCUT2D eigenvalue weighted by atomic mass is 9.67. The Morgan fingerprint density at radius 2 is 1.07 bits per heavy atom. The second-order valence-corrected chi connectivity index (χ2v) is 12.3. The van der Waals surface area contributed by atoms with Crippen molar-refractivity contribution in [2.75, 3.05) is 0 Å². The van der Waals surface area contributed by atoms with Crippen molar-refractivity contribution in [3.8, 4) is 22.3 Å². The van der Waals surface area contributed by atoms with Crippen LogP contribution in [0, 0.1) is 6.92 Å². The number of hydrogen-bond donors (Lipinski definition) is 0. The monoisotopic (exact) mass is 514 g/mol. The van der Waals surface area contributed by atoms with Crippen LogP contribution in [-0.4, -0.2) is 0 Å². The zero-order valence-electron chi connectivity index (χ0n) is 23.7. The van der Waals surface area contributed by atoms with Crippen LogP contribution in [0.5, 0.6) is 0 Å². The van der Waals surface area contributed by atoms with Gasteiger partial charge in [0.15, 0.2) is 0 Å². The highest BCUT2D eigenvalue weighted by molar-refractivity contribution is 6.10. The minimum Gasteiger partial charge on any atom is -0.0622 e. The Hall–Kier alpha value is -4.42. The molecule has 0 aromatic heterocycles. The highest BCUT2D eigenvalue weighted by Gasteiger charge is 2.47. The molecule has 0 saturated heterocycles. The topological polar surface area (TPSA) is 0 Å². The standard InChI is InChI=1S/C40H34/c1-27-19-24-34-36(25-27)40(30-13-7-5-8-14-30,31-15-9-6-10-16-31)37-26-35(32-17-11-12-18-33(32)38(34)37)28-20-22-29(23-21-28)39(2,3)4/h5-26H,1-4H3. The minimum absolute atomic E-state index is 0.119. The van der Waals surface area contributed by atoms with Crippen LogP contribution < -0.4 is 0 Å². The average Bonchev–Trinajstić information content (AvgIpc) is 3.27.